The first-order valence-corrected chi connectivity index (χ1v) is 9.53. The molecule has 1 aliphatic carbocycles. The minimum Gasteiger partial charge on any atom is -0.346 e. The summed E-state index contributed by atoms with van der Waals surface area (Å²) >= 11 is 0. The van der Waals surface area contributed by atoms with Gasteiger partial charge in [0.15, 0.2) is 5.69 Å². The Morgan fingerprint density at radius 2 is 2.15 bits per heavy atom. The minimum absolute atomic E-state index is 0.0187. The number of carbonyl (C=O) groups excluding carboxylic acids is 1. The third-order valence-corrected chi connectivity index (χ3v) is 5.51. The van der Waals surface area contributed by atoms with Gasteiger partial charge >= 0.3 is 0 Å². The standard InChI is InChI=1S/C20H31N5O/c1-12-9-14(3)25(24-12)11-13(2)21-19(26)18-16-10-15(20(4,5)6)7-8-17(16)22-23-18/h9,13,15H,7-8,10-11H2,1-6H3,(H,21,26)(H,22,23). The van der Waals surface area contributed by atoms with Crippen LogP contribution in [0.1, 0.15) is 67.2 Å². The lowest BCUT2D eigenvalue weighted by Gasteiger charge is -2.33. The number of hydrogen-bond acceptors (Lipinski definition) is 3. The van der Waals surface area contributed by atoms with E-state index < -0.39 is 0 Å². The second-order valence-electron chi connectivity index (χ2n) is 8.82. The van der Waals surface area contributed by atoms with E-state index in [2.05, 4.69) is 41.4 Å². The summed E-state index contributed by atoms with van der Waals surface area (Å²) in [4.78, 5) is 12.8. The predicted octanol–water partition coefficient (Wildman–Crippen LogP) is 3.19. The van der Waals surface area contributed by atoms with Crippen LogP contribution >= 0.6 is 0 Å². The van der Waals surface area contributed by atoms with E-state index >= 15 is 0 Å². The Hall–Kier alpha value is -2.11. The van der Waals surface area contributed by atoms with Crippen LogP contribution in [0.5, 0.6) is 0 Å². The lowest BCUT2D eigenvalue weighted by Crippen LogP contribution is -2.37. The Kier molecular flexibility index (Phi) is 4.95. The molecule has 0 aliphatic heterocycles. The van der Waals surface area contributed by atoms with Crippen molar-refractivity contribution >= 4 is 5.91 Å². The maximum absolute atomic E-state index is 12.8. The van der Waals surface area contributed by atoms with Gasteiger partial charge in [0.2, 0.25) is 0 Å². The van der Waals surface area contributed by atoms with Crippen molar-refractivity contribution in [3.63, 3.8) is 0 Å². The van der Waals surface area contributed by atoms with Gasteiger partial charge in [-0.3, -0.25) is 14.6 Å². The summed E-state index contributed by atoms with van der Waals surface area (Å²) < 4.78 is 1.94. The van der Waals surface area contributed by atoms with Crippen LogP contribution in [0.3, 0.4) is 0 Å². The number of aromatic amines is 1. The first kappa shape index (κ1) is 18.7. The average molecular weight is 358 g/mol. The van der Waals surface area contributed by atoms with Crippen molar-refractivity contribution in [3.8, 4) is 0 Å². The van der Waals surface area contributed by atoms with Gasteiger partial charge in [-0.05, 0) is 57.4 Å². The first-order valence-electron chi connectivity index (χ1n) is 9.53. The Labute approximate surface area is 155 Å². The zero-order valence-electron chi connectivity index (χ0n) is 16.8. The predicted molar refractivity (Wildman–Crippen MR) is 102 cm³/mol. The van der Waals surface area contributed by atoms with Gasteiger partial charge in [-0.2, -0.15) is 10.2 Å². The van der Waals surface area contributed by atoms with Gasteiger partial charge in [0.1, 0.15) is 0 Å². The normalized spacial score (nSPS) is 18.5. The Balaban J connectivity index is 1.69. The SMILES string of the molecule is Cc1cc(C)n(CC(C)NC(=O)c2n[nH]c3c2CC(C(C)(C)C)CC3)n1. The monoisotopic (exact) mass is 357 g/mol. The average Bonchev–Trinajstić information content (AvgIpc) is 3.08. The number of nitrogens with zero attached hydrogens (tertiary/aromatic N) is 3. The van der Waals surface area contributed by atoms with Gasteiger partial charge in [0, 0.05) is 23.0 Å². The molecular weight excluding hydrogens is 326 g/mol. The van der Waals surface area contributed by atoms with Crippen LogP contribution in [-0.4, -0.2) is 31.9 Å². The third kappa shape index (κ3) is 3.84. The molecule has 26 heavy (non-hydrogen) atoms. The molecule has 0 saturated carbocycles. The van der Waals surface area contributed by atoms with Crippen LogP contribution in [0.15, 0.2) is 6.07 Å². The molecule has 2 heterocycles. The fourth-order valence-corrected chi connectivity index (χ4v) is 3.88. The van der Waals surface area contributed by atoms with Crippen LogP contribution < -0.4 is 5.32 Å². The number of aromatic nitrogens is 4. The lowest BCUT2D eigenvalue weighted by molar-refractivity contribution is 0.0928. The van der Waals surface area contributed by atoms with Gasteiger partial charge in [-0.15, -0.1) is 0 Å². The van der Waals surface area contributed by atoms with Gasteiger partial charge in [0.05, 0.1) is 12.2 Å². The van der Waals surface area contributed by atoms with Gasteiger partial charge in [-0.1, -0.05) is 20.8 Å². The fraction of sp³-hybridized carbons (Fsp3) is 0.650. The number of H-pyrrole nitrogens is 1. The molecule has 2 aromatic rings. The highest BCUT2D eigenvalue weighted by Crippen LogP contribution is 2.37. The second kappa shape index (κ2) is 6.89. The summed E-state index contributed by atoms with van der Waals surface area (Å²) in [5, 5.41) is 15.0. The Bertz CT molecular complexity index is 796. The Morgan fingerprint density at radius 1 is 1.42 bits per heavy atom. The molecule has 6 heteroatoms. The molecule has 0 spiro atoms. The number of rotatable bonds is 4. The van der Waals surface area contributed by atoms with Crippen LogP contribution in [0.25, 0.3) is 0 Å². The summed E-state index contributed by atoms with van der Waals surface area (Å²) in [5.41, 5.74) is 5.14. The molecule has 0 aromatic carbocycles. The molecule has 6 nitrogen and oxygen atoms in total. The van der Waals surface area contributed by atoms with Crippen molar-refractivity contribution in [1.82, 2.24) is 25.3 Å². The molecule has 0 saturated heterocycles. The van der Waals surface area contributed by atoms with E-state index in [0.717, 1.165) is 41.9 Å². The number of nitrogens with one attached hydrogen (secondary N) is 2. The zero-order chi connectivity index (χ0) is 19.1. The van der Waals surface area contributed by atoms with E-state index in [9.17, 15) is 4.79 Å². The number of amides is 1. The minimum atomic E-state index is -0.0916. The molecule has 1 aliphatic rings. The third-order valence-electron chi connectivity index (χ3n) is 5.51. The molecule has 2 N–H and O–H groups in total. The van der Waals surface area contributed by atoms with E-state index in [1.165, 1.54) is 0 Å². The maximum Gasteiger partial charge on any atom is 0.272 e. The van der Waals surface area contributed by atoms with E-state index in [1.54, 1.807) is 0 Å². The highest BCUT2D eigenvalue weighted by atomic mass is 16.2. The van der Waals surface area contributed by atoms with Gasteiger partial charge in [0.25, 0.3) is 5.91 Å². The molecule has 2 atom stereocenters. The molecule has 1 amide bonds. The van der Waals surface area contributed by atoms with Crippen molar-refractivity contribution in [3.05, 3.63) is 34.4 Å². The molecule has 3 rings (SSSR count). The van der Waals surface area contributed by atoms with Crippen molar-refractivity contribution < 1.29 is 4.79 Å². The van der Waals surface area contributed by atoms with Gasteiger partial charge < -0.3 is 5.32 Å². The summed E-state index contributed by atoms with van der Waals surface area (Å²) in [6.07, 6.45) is 3.04. The molecule has 0 fully saturated rings. The summed E-state index contributed by atoms with van der Waals surface area (Å²) in [7, 11) is 0. The van der Waals surface area contributed by atoms with Gasteiger partial charge in [-0.25, -0.2) is 0 Å². The second-order valence-corrected chi connectivity index (χ2v) is 8.82. The molecule has 2 aromatic heterocycles. The van der Waals surface area contributed by atoms with Crippen molar-refractivity contribution in [1.29, 1.82) is 0 Å². The first-order chi connectivity index (χ1) is 12.1. The van der Waals surface area contributed by atoms with E-state index in [0.29, 0.717) is 18.2 Å². The van der Waals surface area contributed by atoms with Crippen LogP contribution in [0, 0.1) is 25.2 Å². The van der Waals surface area contributed by atoms with Crippen molar-refractivity contribution in [2.45, 2.75) is 73.4 Å². The largest absolute Gasteiger partial charge is 0.346 e. The zero-order valence-corrected chi connectivity index (χ0v) is 16.8. The number of carbonyl (C=O) groups is 1. The van der Waals surface area contributed by atoms with E-state index in [4.69, 9.17) is 0 Å². The molecule has 2 unspecified atom stereocenters. The fourth-order valence-electron chi connectivity index (χ4n) is 3.88. The quantitative estimate of drug-likeness (QED) is 0.882. The highest BCUT2D eigenvalue weighted by Gasteiger charge is 2.32. The lowest BCUT2D eigenvalue weighted by atomic mass is 9.71. The summed E-state index contributed by atoms with van der Waals surface area (Å²) in [6.45, 7) is 13.5. The topological polar surface area (TPSA) is 75.6 Å². The van der Waals surface area contributed by atoms with E-state index in [-0.39, 0.29) is 17.4 Å². The van der Waals surface area contributed by atoms with Crippen LogP contribution in [-0.2, 0) is 19.4 Å². The molecular formula is C20H31N5O. The van der Waals surface area contributed by atoms with Crippen LogP contribution in [0.2, 0.25) is 0 Å². The van der Waals surface area contributed by atoms with Crippen LogP contribution in [0.4, 0.5) is 0 Å². The number of aryl methyl sites for hydroxylation is 3. The molecule has 142 valence electrons. The number of fused-ring (bicyclic) bond motifs is 1. The van der Waals surface area contributed by atoms with E-state index in [1.807, 2.05) is 31.5 Å². The highest BCUT2D eigenvalue weighted by molar-refractivity contribution is 5.94. The molecule has 0 radical (unpaired) electrons. The summed E-state index contributed by atoms with van der Waals surface area (Å²) in [5.74, 6) is 0.484. The maximum atomic E-state index is 12.8. The summed E-state index contributed by atoms with van der Waals surface area (Å²) in [6, 6.07) is 2.03. The van der Waals surface area contributed by atoms with Crippen molar-refractivity contribution in [2.75, 3.05) is 0 Å². The smallest absolute Gasteiger partial charge is 0.272 e. The molecule has 0 bridgehead atoms. The Morgan fingerprint density at radius 3 is 2.77 bits per heavy atom. The number of hydrogen-bond donors (Lipinski definition) is 2. The van der Waals surface area contributed by atoms with Crippen molar-refractivity contribution in [2.24, 2.45) is 11.3 Å².